The Bertz CT molecular complexity index is 641. The van der Waals surface area contributed by atoms with Gasteiger partial charge in [0.2, 0.25) is 20.9 Å². The van der Waals surface area contributed by atoms with Gasteiger partial charge in [-0.05, 0) is 25.7 Å². The van der Waals surface area contributed by atoms with Gasteiger partial charge in [-0.1, -0.05) is 32.1 Å². The number of nitrogens with one attached hydrogen (secondary N) is 1. The molecule has 0 aromatic carbocycles. The molecule has 23 heavy (non-hydrogen) atoms. The van der Waals surface area contributed by atoms with Crippen LogP contribution >= 0.6 is 0 Å². The summed E-state index contributed by atoms with van der Waals surface area (Å²) in [5.74, 6) is -0.909. The third-order valence-corrected chi connectivity index (χ3v) is 6.16. The molecule has 6 nitrogen and oxygen atoms in total. The van der Waals surface area contributed by atoms with E-state index in [-0.39, 0.29) is 17.2 Å². The van der Waals surface area contributed by atoms with Crippen LogP contribution in [0.3, 0.4) is 0 Å². The van der Waals surface area contributed by atoms with Crippen molar-refractivity contribution < 1.29 is 13.2 Å². The molecule has 128 valence electrons. The number of amides is 1. The van der Waals surface area contributed by atoms with Crippen LogP contribution in [0.4, 0.5) is 0 Å². The van der Waals surface area contributed by atoms with Crippen LogP contribution in [0.5, 0.6) is 0 Å². The maximum atomic E-state index is 12.5. The smallest absolute Gasteiger partial charge is 0.235 e. The molecular weight excluding hydrogens is 314 g/mol. The van der Waals surface area contributed by atoms with Crippen molar-refractivity contribution in [3.63, 3.8) is 0 Å². The second-order valence-corrected chi connectivity index (χ2v) is 8.60. The van der Waals surface area contributed by atoms with Gasteiger partial charge in [-0.3, -0.25) is 4.79 Å². The van der Waals surface area contributed by atoms with Gasteiger partial charge in [0.15, 0.2) is 0 Å². The quantitative estimate of drug-likeness (QED) is 0.892. The first-order chi connectivity index (χ1) is 11.1. The van der Waals surface area contributed by atoms with Crippen LogP contribution < -0.4 is 5.32 Å². The summed E-state index contributed by atoms with van der Waals surface area (Å²) in [6.07, 6.45) is 12.9. The number of nitrogens with zero attached hydrogens (tertiary/aromatic N) is 2. The summed E-state index contributed by atoms with van der Waals surface area (Å²) in [4.78, 5) is 16.2. The lowest BCUT2D eigenvalue weighted by atomic mass is 9.97. The maximum Gasteiger partial charge on any atom is 0.235 e. The minimum atomic E-state index is -3.68. The molecule has 2 saturated carbocycles. The van der Waals surface area contributed by atoms with Crippen LogP contribution in [-0.4, -0.2) is 35.7 Å². The summed E-state index contributed by atoms with van der Waals surface area (Å²) in [6, 6.07) is 0.345. The number of hydrogen-bond acceptors (Lipinski definition) is 4. The molecule has 0 radical (unpaired) electrons. The number of sulfone groups is 1. The van der Waals surface area contributed by atoms with E-state index in [1.54, 1.807) is 10.8 Å². The summed E-state index contributed by atoms with van der Waals surface area (Å²) >= 11 is 0. The van der Waals surface area contributed by atoms with Crippen LogP contribution in [0, 0.1) is 0 Å². The molecule has 0 atom stereocenters. The molecule has 2 aliphatic rings. The van der Waals surface area contributed by atoms with E-state index in [9.17, 15) is 13.2 Å². The highest BCUT2D eigenvalue weighted by atomic mass is 32.2. The van der Waals surface area contributed by atoms with E-state index in [0.29, 0.717) is 0 Å². The van der Waals surface area contributed by atoms with Gasteiger partial charge in [0.05, 0.1) is 0 Å². The van der Waals surface area contributed by atoms with Gasteiger partial charge in [-0.2, -0.15) is 0 Å². The monoisotopic (exact) mass is 339 g/mol. The van der Waals surface area contributed by atoms with Crippen molar-refractivity contribution in [2.24, 2.45) is 0 Å². The lowest BCUT2D eigenvalue weighted by Gasteiger charge is -2.21. The van der Waals surface area contributed by atoms with Gasteiger partial charge in [0.1, 0.15) is 5.75 Å². The number of hydrogen-bond donors (Lipinski definition) is 1. The van der Waals surface area contributed by atoms with Gasteiger partial charge in [0, 0.05) is 24.5 Å². The average Bonchev–Trinajstić information content (AvgIpc) is 3.17. The highest BCUT2D eigenvalue weighted by Crippen LogP contribution is 2.36. The van der Waals surface area contributed by atoms with Gasteiger partial charge in [-0.25, -0.2) is 13.4 Å². The van der Waals surface area contributed by atoms with Crippen LogP contribution in [-0.2, 0) is 14.6 Å². The molecule has 0 saturated heterocycles. The number of aromatic nitrogens is 2. The Morgan fingerprint density at radius 3 is 2.43 bits per heavy atom. The molecule has 2 aliphatic carbocycles. The Kier molecular flexibility index (Phi) is 5.04. The van der Waals surface area contributed by atoms with E-state index in [0.717, 1.165) is 38.5 Å². The van der Waals surface area contributed by atoms with E-state index in [1.165, 1.54) is 25.5 Å². The van der Waals surface area contributed by atoms with Gasteiger partial charge in [0.25, 0.3) is 0 Å². The second kappa shape index (κ2) is 7.03. The molecule has 0 unspecified atom stereocenters. The van der Waals surface area contributed by atoms with E-state index in [1.807, 2.05) is 0 Å². The first-order valence-corrected chi connectivity index (χ1v) is 10.3. The van der Waals surface area contributed by atoms with Crippen molar-refractivity contribution in [2.75, 3.05) is 5.75 Å². The van der Waals surface area contributed by atoms with Crippen molar-refractivity contribution in [1.29, 1.82) is 0 Å². The normalized spacial score (nSPS) is 20.7. The number of rotatable bonds is 5. The molecule has 1 aromatic rings. The van der Waals surface area contributed by atoms with Crippen molar-refractivity contribution in [1.82, 2.24) is 14.9 Å². The summed E-state index contributed by atoms with van der Waals surface area (Å²) in [7, 11) is -3.68. The van der Waals surface area contributed by atoms with E-state index < -0.39 is 21.5 Å². The lowest BCUT2D eigenvalue weighted by Crippen LogP contribution is -2.39. The highest BCUT2D eigenvalue weighted by Gasteiger charge is 2.32. The number of carbonyl (C=O) groups is 1. The Morgan fingerprint density at radius 1 is 1.13 bits per heavy atom. The minimum Gasteiger partial charge on any atom is -0.352 e. The minimum absolute atomic E-state index is 0.0350. The fourth-order valence-electron chi connectivity index (χ4n) is 3.28. The molecule has 1 heterocycles. The third kappa shape index (κ3) is 4.34. The Balaban J connectivity index is 1.60. The fourth-order valence-corrected chi connectivity index (χ4v) is 4.59. The van der Waals surface area contributed by atoms with Crippen LogP contribution in [0.15, 0.2) is 17.6 Å². The van der Waals surface area contributed by atoms with Gasteiger partial charge < -0.3 is 9.88 Å². The second-order valence-electron chi connectivity index (χ2n) is 6.72. The summed E-state index contributed by atoms with van der Waals surface area (Å²) in [5.41, 5.74) is 0. The fraction of sp³-hybridized carbons (Fsp3) is 0.750. The predicted molar refractivity (Wildman–Crippen MR) is 86.8 cm³/mol. The van der Waals surface area contributed by atoms with E-state index >= 15 is 0 Å². The predicted octanol–water partition coefficient (Wildman–Crippen LogP) is 2.22. The van der Waals surface area contributed by atoms with Crippen molar-refractivity contribution in [3.05, 3.63) is 12.4 Å². The molecule has 0 spiro atoms. The zero-order valence-electron chi connectivity index (χ0n) is 13.4. The van der Waals surface area contributed by atoms with Gasteiger partial charge in [-0.15, -0.1) is 0 Å². The van der Waals surface area contributed by atoms with Gasteiger partial charge >= 0.3 is 0 Å². The molecule has 7 heteroatoms. The maximum absolute atomic E-state index is 12.5. The molecule has 0 aliphatic heterocycles. The SMILES string of the molecule is O=C(CS(=O)(=O)c1nccn1C1CC1)NC1CCCCCCC1. The highest BCUT2D eigenvalue weighted by molar-refractivity contribution is 7.92. The van der Waals surface area contributed by atoms with Crippen LogP contribution in [0.1, 0.15) is 63.8 Å². The number of carbonyl (C=O) groups excluding carboxylic acids is 1. The van der Waals surface area contributed by atoms with E-state index in [2.05, 4.69) is 10.3 Å². The third-order valence-electron chi connectivity index (χ3n) is 4.64. The molecular formula is C16H25N3O3S. The first kappa shape index (κ1) is 16.5. The Hall–Kier alpha value is -1.37. The lowest BCUT2D eigenvalue weighted by molar-refractivity contribution is -0.119. The molecule has 1 N–H and O–H groups in total. The average molecular weight is 339 g/mol. The molecule has 1 amide bonds. The summed E-state index contributed by atoms with van der Waals surface area (Å²) in [5, 5.41) is 2.95. The first-order valence-electron chi connectivity index (χ1n) is 8.61. The molecule has 0 bridgehead atoms. The zero-order valence-corrected chi connectivity index (χ0v) is 14.2. The molecule has 3 rings (SSSR count). The largest absolute Gasteiger partial charge is 0.352 e. The topological polar surface area (TPSA) is 81.1 Å². The van der Waals surface area contributed by atoms with Crippen LogP contribution in [0.2, 0.25) is 0 Å². The van der Waals surface area contributed by atoms with E-state index in [4.69, 9.17) is 0 Å². The Labute approximate surface area is 137 Å². The Morgan fingerprint density at radius 2 is 1.78 bits per heavy atom. The summed E-state index contributed by atoms with van der Waals surface area (Å²) < 4.78 is 26.6. The molecule has 1 aromatic heterocycles. The van der Waals surface area contributed by atoms with Crippen molar-refractivity contribution >= 4 is 15.7 Å². The molecule has 2 fully saturated rings. The number of imidazole rings is 1. The van der Waals surface area contributed by atoms with Crippen LogP contribution in [0.25, 0.3) is 0 Å². The zero-order chi connectivity index (χ0) is 16.3. The standard InChI is InChI=1S/C16H25N3O3S/c20-15(18-13-6-4-2-1-3-5-7-13)12-23(21,22)16-17-10-11-19(16)14-8-9-14/h10-11,13-14H,1-9,12H2,(H,18,20). The van der Waals surface area contributed by atoms with Crippen molar-refractivity contribution in [3.8, 4) is 0 Å². The summed E-state index contributed by atoms with van der Waals surface area (Å²) in [6.45, 7) is 0. The van der Waals surface area contributed by atoms with Crippen molar-refractivity contribution in [2.45, 2.75) is 75.0 Å².